The molecule has 0 aliphatic carbocycles. The fourth-order valence-electron chi connectivity index (χ4n) is 2.67. The fraction of sp³-hybridized carbons (Fsp3) is 0.238. The number of ether oxygens (including phenoxy) is 2. The van der Waals surface area contributed by atoms with Gasteiger partial charge in [-0.1, -0.05) is 35.6 Å². The molecule has 3 rings (SSSR count). The Labute approximate surface area is 178 Å². The van der Waals surface area contributed by atoms with Crippen molar-refractivity contribution in [1.29, 1.82) is 0 Å². The highest BCUT2D eigenvalue weighted by molar-refractivity contribution is 7.13. The van der Waals surface area contributed by atoms with Gasteiger partial charge < -0.3 is 20.1 Å². The molecule has 0 aliphatic heterocycles. The lowest BCUT2D eigenvalue weighted by atomic mass is 10.1. The molecule has 2 amide bonds. The molecule has 0 saturated carbocycles. The summed E-state index contributed by atoms with van der Waals surface area (Å²) < 4.78 is 10.6. The number of anilines is 1. The number of carbonyl (C=O) groups is 2. The van der Waals surface area contributed by atoms with Gasteiger partial charge >= 0.3 is 0 Å². The molecule has 156 valence electrons. The van der Waals surface area contributed by atoms with Crippen LogP contribution in [0.4, 0.5) is 5.69 Å². The van der Waals surface area contributed by atoms with E-state index in [-0.39, 0.29) is 10.9 Å². The van der Waals surface area contributed by atoms with Crippen molar-refractivity contribution in [3.63, 3.8) is 0 Å². The minimum Gasteiger partial charge on any atom is -0.494 e. The van der Waals surface area contributed by atoms with Crippen molar-refractivity contribution >= 4 is 28.8 Å². The van der Waals surface area contributed by atoms with Gasteiger partial charge in [-0.2, -0.15) is 0 Å². The van der Waals surface area contributed by atoms with Gasteiger partial charge in [0.2, 0.25) is 5.01 Å². The second-order valence-corrected chi connectivity index (χ2v) is 7.25. The van der Waals surface area contributed by atoms with E-state index >= 15 is 0 Å². The number of amides is 2. The van der Waals surface area contributed by atoms with Gasteiger partial charge in [-0.25, -0.2) is 0 Å². The third-order valence-electron chi connectivity index (χ3n) is 4.02. The molecule has 0 fully saturated rings. The van der Waals surface area contributed by atoms with Crippen molar-refractivity contribution in [2.45, 2.75) is 20.1 Å². The van der Waals surface area contributed by atoms with Crippen LogP contribution in [0.1, 0.15) is 37.7 Å². The molecule has 2 aromatic carbocycles. The molecule has 0 radical (unpaired) electrons. The third kappa shape index (κ3) is 5.62. The molecular weight excluding hydrogens is 404 g/mol. The van der Waals surface area contributed by atoms with Crippen LogP contribution in [-0.2, 0) is 17.9 Å². The van der Waals surface area contributed by atoms with Crippen molar-refractivity contribution < 1.29 is 19.1 Å². The van der Waals surface area contributed by atoms with Gasteiger partial charge in [-0.05, 0) is 31.2 Å². The lowest BCUT2D eigenvalue weighted by molar-refractivity contribution is 0.0949. The highest BCUT2D eigenvalue weighted by atomic mass is 32.1. The average molecular weight is 426 g/mol. The van der Waals surface area contributed by atoms with E-state index in [2.05, 4.69) is 20.8 Å². The van der Waals surface area contributed by atoms with Gasteiger partial charge in [0, 0.05) is 30.5 Å². The van der Waals surface area contributed by atoms with Crippen molar-refractivity contribution in [2.75, 3.05) is 19.0 Å². The molecule has 0 atom stereocenters. The van der Waals surface area contributed by atoms with Crippen LogP contribution in [0.15, 0.2) is 48.5 Å². The Balaban J connectivity index is 1.63. The first kappa shape index (κ1) is 21.4. The highest BCUT2D eigenvalue weighted by Crippen LogP contribution is 2.18. The zero-order chi connectivity index (χ0) is 21.3. The Bertz CT molecular complexity index is 1020. The molecule has 1 heterocycles. The summed E-state index contributed by atoms with van der Waals surface area (Å²) in [5.41, 5.74) is 1.81. The molecule has 0 unspecified atom stereocenters. The first-order valence-electron chi connectivity index (χ1n) is 9.32. The molecule has 1 aromatic heterocycles. The predicted molar refractivity (Wildman–Crippen MR) is 114 cm³/mol. The Hall–Kier alpha value is -3.30. The SMILES string of the molecule is CCOc1ccccc1CNC(=O)c1cccc(NC(=O)c2nnc(COC)s2)c1. The summed E-state index contributed by atoms with van der Waals surface area (Å²) in [4.78, 5) is 24.9. The van der Waals surface area contributed by atoms with E-state index in [0.29, 0.717) is 36.0 Å². The molecular formula is C21H22N4O4S. The summed E-state index contributed by atoms with van der Waals surface area (Å²) in [6, 6.07) is 14.3. The van der Waals surface area contributed by atoms with Crippen molar-refractivity contribution in [1.82, 2.24) is 15.5 Å². The topological polar surface area (TPSA) is 102 Å². The monoisotopic (exact) mass is 426 g/mol. The maximum absolute atomic E-state index is 12.6. The first-order valence-corrected chi connectivity index (χ1v) is 10.1. The lowest BCUT2D eigenvalue weighted by Crippen LogP contribution is -2.23. The van der Waals surface area contributed by atoms with Gasteiger partial charge in [0.15, 0.2) is 0 Å². The number of nitrogens with zero attached hydrogens (tertiary/aromatic N) is 2. The van der Waals surface area contributed by atoms with Gasteiger partial charge in [0.25, 0.3) is 11.8 Å². The number of benzene rings is 2. The molecule has 3 aromatic rings. The van der Waals surface area contributed by atoms with Crippen LogP contribution in [0.5, 0.6) is 5.75 Å². The number of carbonyl (C=O) groups excluding carboxylic acids is 2. The third-order valence-corrected chi connectivity index (χ3v) is 4.92. The van der Waals surface area contributed by atoms with Crippen LogP contribution < -0.4 is 15.4 Å². The summed E-state index contributed by atoms with van der Waals surface area (Å²) in [7, 11) is 1.55. The summed E-state index contributed by atoms with van der Waals surface area (Å²) in [5, 5.41) is 14.2. The van der Waals surface area contributed by atoms with Crippen LogP contribution in [0, 0.1) is 0 Å². The molecule has 9 heteroatoms. The minimum absolute atomic E-state index is 0.226. The molecule has 0 spiro atoms. The first-order chi connectivity index (χ1) is 14.6. The van der Waals surface area contributed by atoms with E-state index in [4.69, 9.17) is 9.47 Å². The van der Waals surface area contributed by atoms with E-state index in [9.17, 15) is 9.59 Å². The van der Waals surface area contributed by atoms with Gasteiger partial charge in [-0.3, -0.25) is 9.59 Å². The van der Waals surface area contributed by atoms with Gasteiger partial charge in [0.1, 0.15) is 10.8 Å². The normalized spacial score (nSPS) is 10.5. The number of rotatable bonds is 9. The van der Waals surface area contributed by atoms with Crippen LogP contribution in [-0.4, -0.2) is 35.7 Å². The average Bonchev–Trinajstić information content (AvgIpc) is 3.22. The zero-order valence-electron chi connectivity index (χ0n) is 16.7. The molecule has 30 heavy (non-hydrogen) atoms. The van der Waals surface area contributed by atoms with Gasteiger partial charge in [-0.15, -0.1) is 10.2 Å². The Morgan fingerprint density at radius 1 is 1.07 bits per heavy atom. The second kappa shape index (κ2) is 10.5. The maximum atomic E-state index is 12.6. The number of para-hydroxylation sites is 1. The number of nitrogens with one attached hydrogen (secondary N) is 2. The number of aromatic nitrogens is 2. The molecule has 8 nitrogen and oxygen atoms in total. The Kier molecular flexibility index (Phi) is 7.47. The predicted octanol–water partition coefficient (Wildman–Crippen LogP) is 3.27. The minimum atomic E-state index is -0.391. The summed E-state index contributed by atoms with van der Waals surface area (Å²) in [6.45, 7) is 3.09. The zero-order valence-corrected chi connectivity index (χ0v) is 17.5. The second-order valence-electron chi connectivity index (χ2n) is 6.19. The molecule has 0 aliphatic rings. The Morgan fingerprint density at radius 3 is 2.70 bits per heavy atom. The number of hydrogen-bond donors (Lipinski definition) is 2. The van der Waals surface area contributed by atoms with Crippen molar-refractivity contribution in [3.8, 4) is 5.75 Å². The van der Waals surface area contributed by atoms with E-state index in [1.165, 1.54) is 0 Å². The van der Waals surface area contributed by atoms with E-state index in [0.717, 1.165) is 22.6 Å². The van der Waals surface area contributed by atoms with E-state index in [1.54, 1.807) is 31.4 Å². The summed E-state index contributed by atoms with van der Waals surface area (Å²) in [6.07, 6.45) is 0. The smallest absolute Gasteiger partial charge is 0.286 e. The number of hydrogen-bond acceptors (Lipinski definition) is 7. The highest BCUT2D eigenvalue weighted by Gasteiger charge is 2.14. The van der Waals surface area contributed by atoms with Gasteiger partial charge in [0.05, 0.1) is 13.2 Å². The molecule has 0 bridgehead atoms. The largest absolute Gasteiger partial charge is 0.494 e. The quantitative estimate of drug-likeness (QED) is 0.544. The van der Waals surface area contributed by atoms with Crippen LogP contribution in [0.3, 0.4) is 0 Å². The Morgan fingerprint density at radius 2 is 1.90 bits per heavy atom. The lowest BCUT2D eigenvalue weighted by Gasteiger charge is -2.11. The maximum Gasteiger partial charge on any atom is 0.286 e. The van der Waals surface area contributed by atoms with Crippen LogP contribution >= 0.6 is 11.3 Å². The van der Waals surface area contributed by atoms with Crippen molar-refractivity contribution in [2.24, 2.45) is 0 Å². The summed E-state index contributed by atoms with van der Waals surface area (Å²) >= 11 is 1.16. The van der Waals surface area contributed by atoms with E-state index in [1.807, 2.05) is 31.2 Å². The van der Waals surface area contributed by atoms with Crippen molar-refractivity contribution in [3.05, 3.63) is 69.7 Å². The fourth-order valence-corrected chi connectivity index (χ4v) is 3.38. The standard InChI is InChI=1S/C21H22N4O4S/c1-3-29-17-10-5-4-7-15(17)12-22-19(26)14-8-6-9-16(11-14)23-20(27)21-25-24-18(30-21)13-28-2/h4-11H,3,12-13H2,1-2H3,(H,22,26)(H,23,27). The van der Waals surface area contributed by atoms with Crippen LogP contribution in [0.2, 0.25) is 0 Å². The molecule has 0 saturated heterocycles. The van der Waals surface area contributed by atoms with E-state index < -0.39 is 5.91 Å². The molecule has 2 N–H and O–H groups in total. The van der Waals surface area contributed by atoms with Crippen LogP contribution in [0.25, 0.3) is 0 Å². The number of methoxy groups -OCH3 is 1. The summed E-state index contributed by atoms with van der Waals surface area (Å²) in [5.74, 6) is 0.0972.